The molecule has 3 amide bonds. The van der Waals surface area contributed by atoms with Crippen LogP contribution in [0.1, 0.15) is 29.8 Å². The van der Waals surface area contributed by atoms with Crippen LogP contribution in [-0.2, 0) is 10.0 Å². The number of sulfonamides is 1. The molecule has 12 nitrogen and oxygen atoms in total. The molecule has 3 aromatic carbocycles. The number of hydrogen-bond acceptors (Lipinski definition) is 8. The van der Waals surface area contributed by atoms with Crippen molar-refractivity contribution in [3.8, 4) is 17.2 Å². The molecule has 0 saturated carbocycles. The monoisotopic (exact) mass is 624 g/mol. The number of ether oxygens (including phenoxy) is 3. The van der Waals surface area contributed by atoms with E-state index in [9.17, 15) is 23.1 Å². The number of urea groups is 1. The number of carbonyl (C=O) groups excluding carboxylic acids is 2. The van der Waals surface area contributed by atoms with Crippen molar-refractivity contribution in [1.82, 2.24) is 9.21 Å². The number of rotatable bonds is 8. The number of aliphatic hydroxyl groups is 1. The Kier molecular flexibility index (Phi) is 9.00. The van der Waals surface area contributed by atoms with Gasteiger partial charge in [-0.1, -0.05) is 24.6 Å². The fraction of sp³-hybridized carbons (Fsp3) is 0.355. The molecular formula is C31H36N4O8S. The highest BCUT2D eigenvalue weighted by atomic mass is 32.2. The van der Waals surface area contributed by atoms with Crippen LogP contribution in [0.5, 0.6) is 17.2 Å². The molecule has 234 valence electrons. The van der Waals surface area contributed by atoms with E-state index >= 15 is 0 Å². The number of carbonyl (C=O) groups is 2. The average molecular weight is 625 g/mol. The number of nitrogens with one attached hydrogen (secondary N) is 2. The zero-order valence-electron chi connectivity index (χ0n) is 24.9. The van der Waals surface area contributed by atoms with Gasteiger partial charge in [-0.2, -0.15) is 4.31 Å². The summed E-state index contributed by atoms with van der Waals surface area (Å²) in [5.74, 6) is 0.675. The fourth-order valence-electron chi connectivity index (χ4n) is 5.03. The topological polar surface area (TPSA) is 147 Å². The van der Waals surface area contributed by atoms with E-state index < -0.39 is 28.2 Å². The minimum Gasteiger partial charge on any atom is -0.488 e. The summed E-state index contributed by atoms with van der Waals surface area (Å²) in [6.07, 6.45) is -0.631. The summed E-state index contributed by atoms with van der Waals surface area (Å²) in [6.45, 7) is 5.57. The highest BCUT2D eigenvalue weighted by molar-refractivity contribution is 7.89. The molecule has 2 aliphatic heterocycles. The van der Waals surface area contributed by atoms with Gasteiger partial charge < -0.3 is 34.9 Å². The van der Waals surface area contributed by atoms with E-state index in [2.05, 4.69) is 10.6 Å². The molecule has 13 heteroatoms. The lowest BCUT2D eigenvalue weighted by atomic mass is 9.99. The Balaban J connectivity index is 1.38. The average Bonchev–Trinajstić information content (AvgIpc) is 3.47. The maximum atomic E-state index is 13.7. The maximum Gasteiger partial charge on any atom is 0.323 e. The predicted octanol–water partition coefficient (Wildman–Crippen LogP) is 3.91. The van der Waals surface area contributed by atoms with Crippen molar-refractivity contribution in [3.05, 3.63) is 71.8 Å². The molecule has 2 heterocycles. The van der Waals surface area contributed by atoms with E-state index in [-0.39, 0.29) is 54.5 Å². The first-order valence-corrected chi connectivity index (χ1v) is 15.6. The number of nitrogens with zero attached hydrogens (tertiary/aromatic N) is 2. The van der Waals surface area contributed by atoms with E-state index in [1.165, 1.54) is 17.4 Å². The highest BCUT2D eigenvalue weighted by Crippen LogP contribution is 2.35. The van der Waals surface area contributed by atoms with E-state index in [4.69, 9.17) is 14.2 Å². The SMILES string of the molecule is Cc1ccc(S(=O)(=O)N(C)C[C@@H]2Oc3ccc(NC(=O)Nc4ccc5c(c4)OCO5)cc3C(=O)N([C@@H](C)CO)C[C@H]2C)cc1. The molecule has 0 aliphatic carbocycles. The summed E-state index contributed by atoms with van der Waals surface area (Å²) in [4.78, 5) is 28.3. The fourth-order valence-corrected chi connectivity index (χ4v) is 6.21. The zero-order valence-corrected chi connectivity index (χ0v) is 25.8. The van der Waals surface area contributed by atoms with Gasteiger partial charge in [0.2, 0.25) is 16.8 Å². The van der Waals surface area contributed by atoms with Gasteiger partial charge in [-0.25, -0.2) is 13.2 Å². The third-order valence-corrected chi connectivity index (χ3v) is 9.56. The number of hydrogen-bond donors (Lipinski definition) is 3. The summed E-state index contributed by atoms with van der Waals surface area (Å²) in [6, 6.07) is 15.3. The van der Waals surface area contributed by atoms with Crippen LogP contribution in [-0.4, -0.2) is 80.4 Å². The Labute approximate surface area is 256 Å². The number of amides is 3. The standard InChI is InChI=1S/C31H36N4O8S/c1-19-5-9-24(10-6-19)44(39,40)34(4)16-29-20(2)15-35(21(3)17-36)30(37)25-13-22(7-11-26(25)43-29)32-31(38)33-23-8-12-27-28(14-23)42-18-41-27/h5-14,20-21,29,36H,15-18H2,1-4H3,(H2,32,33,38)/t20-,21+,29+/m1/s1. The number of anilines is 2. The lowest BCUT2D eigenvalue weighted by Gasteiger charge is -2.38. The van der Waals surface area contributed by atoms with Crippen LogP contribution in [0.15, 0.2) is 65.6 Å². The summed E-state index contributed by atoms with van der Waals surface area (Å²) < 4.78 is 44.9. The Morgan fingerprint density at radius 3 is 2.34 bits per heavy atom. The summed E-state index contributed by atoms with van der Waals surface area (Å²) in [5.41, 5.74) is 1.94. The van der Waals surface area contributed by atoms with Gasteiger partial charge in [-0.3, -0.25) is 4.79 Å². The molecule has 44 heavy (non-hydrogen) atoms. The van der Waals surface area contributed by atoms with Gasteiger partial charge in [0.05, 0.1) is 29.7 Å². The van der Waals surface area contributed by atoms with Crippen molar-refractivity contribution in [1.29, 1.82) is 0 Å². The van der Waals surface area contributed by atoms with E-state index in [0.717, 1.165) is 5.56 Å². The van der Waals surface area contributed by atoms with Crippen LogP contribution >= 0.6 is 0 Å². The predicted molar refractivity (Wildman–Crippen MR) is 164 cm³/mol. The Hall–Kier alpha value is -4.33. The van der Waals surface area contributed by atoms with Gasteiger partial charge in [0, 0.05) is 37.0 Å². The maximum absolute atomic E-state index is 13.7. The minimum atomic E-state index is -3.81. The molecule has 5 rings (SSSR count). The van der Waals surface area contributed by atoms with E-state index in [1.54, 1.807) is 66.4 Å². The van der Waals surface area contributed by atoms with Crippen LogP contribution in [0.25, 0.3) is 0 Å². The zero-order chi connectivity index (χ0) is 31.6. The molecule has 2 aliphatic rings. The molecule has 0 saturated heterocycles. The third kappa shape index (κ3) is 6.59. The number of likely N-dealkylation sites (N-methyl/N-ethyl adjacent to an activating group) is 1. The smallest absolute Gasteiger partial charge is 0.323 e. The second-order valence-corrected chi connectivity index (χ2v) is 13.1. The lowest BCUT2D eigenvalue weighted by Crippen LogP contribution is -2.50. The number of benzene rings is 3. The van der Waals surface area contributed by atoms with Gasteiger partial charge in [-0.05, 0) is 56.3 Å². The molecule has 0 unspecified atom stereocenters. The molecule has 3 atom stereocenters. The normalized spacial score (nSPS) is 18.6. The number of fused-ring (bicyclic) bond motifs is 2. The van der Waals surface area contributed by atoms with Gasteiger partial charge in [0.1, 0.15) is 11.9 Å². The molecule has 0 spiro atoms. The molecule has 0 bridgehead atoms. The van der Waals surface area contributed by atoms with Crippen molar-refractivity contribution < 1.29 is 37.3 Å². The van der Waals surface area contributed by atoms with Gasteiger partial charge in [0.25, 0.3) is 5.91 Å². The van der Waals surface area contributed by atoms with Gasteiger partial charge >= 0.3 is 6.03 Å². The van der Waals surface area contributed by atoms with Crippen LogP contribution in [0.3, 0.4) is 0 Å². The van der Waals surface area contributed by atoms with E-state index in [1.807, 2.05) is 13.8 Å². The summed E-state index contributed by atoms with van der Waals surface area (Å²) >= 11 is 0. The Morgan fingerprint density at radius 2 is 1.66 bits per heavy atom. The van der Waals surface area contributed by atoms with Crippen LogP contribution in [0.4, 0.5) is 16.2 Å². The summed E-state index contributed by atoms with van der Waals surface area (Å²) in [5, 5.41) is 15.4. The van der Waals surface area contributed by atoms with Crippen molar-refractivity contribution in [3.63, 3.8) is 0 Å². The van der Waals surface area contributed by atoms with Crippen molar-refractivity contribution in [2.24, 2.45) is 5.92 Å². The first-order chi connectivity index (χ1) is 21.0. The van der Waals surface area contributed by atoms with Gasteiger partial charge in [0.15, 0.2) is 11.5 Å². The lowest BCUT2D eigenvalue weighted by molar-refractivity contribution is 0.0387. The van der Waals surface area contributed by atoms with Crippen LogP contribution < -0.4 is 24.8 Å². The second-order valence-electron chi connectivity index (χ2n) is 11.1. The number of aryl methyl sites for hydroxylation is 1. The first-order valence-electron chi connectivity index (χ1n) is 14.2. The van der Waals surface area contributed by atoms with Crippen molar-refractivity contribution >= 4 is 33.3 Å². The number of aliphatic hydroxyl groups excluding tert-OH is 1. The summed E-state index contributed by atoms with van der Waals surface area (Å²) in [7, 11) is -2.31. The van der Waals surface area contributed by atoms with Gasteiger partial charge in [-0.15, -0.1) is 0 Å². The molecular weight excluding hydrogens is 588 g/mol. The molecule has 3 aromatic rings. The Bertz CT molecular complexity index is 1650. The Morgan fingerprint density at radius 1 is 1.02 bits per heavy atom. The largest absolute Gasteiger partial charge is 0.488 e. The highest BCUT2D eigenvalue weighted by Gasteiger charge is 2.35. The van der Waals surface area contributed by atoms with Crippen LogP contribution in [0.2, 0.25) is 0 Å². The molecule has 0 aromatic heterocycles. The molecule has 3 N–H and O–H groups in total. The molecule has 0 fully saturated rings. The second kappa shape index (κ2) is 12.7. The quantitative estimate of drug-likeness (QED) is 0.342. The molecule has 0 radical (unpaired) electrons. The minimum absolute atomic E-state index is 0.0181. The van der Waals surface area contributed by atoms with Crippen molar-refractivity contribution in [2.75, 3.05) is 44.2 Å². The van der Waals surface area contributed by atoms with E-state index in [0.29, 0.717) is 22.9 Å². The first kappa shape index (κ1) is 31.1. The van der Waals surface area contributed by atoms with Crippen molar-refractivity contribution in [2.45, 2.75) is 37.8 Å². The third-order valence-electron chi connectivity index (χ3n) is 7.72. The van der Waals surface area contributed by atoms with Crippen LogP contribution in [0, 0.1) is 12.8 Å².